The lowest BCUT2D eigenvalue weighted by atomic mass is 10.2. The zero-order chi connectivity index (χ0) is 17.8. The van der Waals surface area contributed by atoms with Gasteiger partial charge in [-0.3, -0.25) is 10.1 Å². The molecule has 9 nitrogen and oxygen atoms in total. The van der Waals surface area contributed by atoms with E-state index in [2.05, 4.69) is 20.3 Å². The Kier molecular flexibility index (Phi) is 4.89. The second-order valence-electron chi connectivity index (χ2n) is 4.69. The number of hydrogen-bond donors (Lipinski definition) is 1. The Bertz CT molecular complexity index is 818. The fourth-order valence-electron chi connectivity index (χ4n) is 2.00. The van der Waals surface area contributed by atoms with Crippen LogP contribution in [0, 0.1) is 0 Å². The minimum atomic E-state index is -0.618. The van der Waals surface area contributed by atoms with Crippen LogP contribution in [-0.2, 0) is 14.3 Å². The maximum Gasteiger partial charge on any atom is 0.331 e. The number of amides is 1. The summed E-state index contributed by atoms with van der Waals surface area (Å²) in [5, 5.41) is 10.6. The molecule has 1 aromatic rings. The van der Waals surface area contributed by atoms with Crippen LogP contribution in [0.2, 0.25) is 0 Å². The number of carbonyl (C=O) groups excluding carboxylic acids is 2. The predicted molar refractivity (Wildman–Crippen MR) is 90.0 cm³/mol. The molecule has 10 heteroatoms. The molecule has 0 radical (unpaired) electrons. The van der Waals surface area contributed by atoms with Crippen LogP contribution in [-0.4, -0.2) is 44.3 Å². The van der Waals surface area contributed by atoms with Gasteiger partial charge in [0.2, 0.25) is 6.79 Å². The Balaban J connectivity index is 1.75. The molecule has 0 unspecified atom stereocenters. The highest BCUT2D eigenvalue weighted by Crippen LogP contribution is 2.37. The number of carbonyl (C=O) groups is 2. The van der Waals surface area contributed by atoms with Crippen molar-refractivity contribution in [1.29, 1.82) is 0 Å². The van der Waals surface area contributed by atoms with Gasteiger partial charge in [0.05, 0.1) is 25.3 Å². The second-order valence-corrected chi connectivity index (χ2v) is 5.72. The van der Waals surface area contributed by atoms with Gasteiger partial charge in [-0.25, -0.2) is 4.79 Å². The van der Waals surface area contributed by atoms with E-state index >= 15 is 0 Å². The summed E-state index contributed by atoms with van der Waals surface area (Å²) in [5.41, 5.74) is 0.635. The number of rotatable bonds is 4. The van der Waals surface area contributed by atoms with Crippen molar-refractivity contribution >= 4 is 35.0 Å². The molecule has 0 aromatic heterocycles. The lowest BCUT2D eigenvalue weighted by Crippen LogP contribution is -2.19. The van der Waals surface area contributed by atoms with E-state index in [1.165, 1.54) is 20.4 Å². The number of fused-ring (bicyclic) bond motifs is 1. The molecule has 1 fully saturated rings. The molecule has 0 spiro atoms. The van der Waals surface area contributed by atoms with Crippen molar-refractivity contribution in [2.75, 3.05) is 21.0 Å². The van der Waals surface area contributed by atoms with Crippen molar-refractivity contribution < 1.29 is 28.5 Å². The molecule has 0 aliphatic carbocycles. The maximum atomic E-state index is 11.7. The molecule has 0 saturated carbocycles. The summed E-state index contributed by atoms with van der Waals surface area (Å²) < 4.78 is 20.3. The minimum absolute atomic E-state index is 0.152. The number of methoxy groups -OCH3 is 2. The van der Waals surface area contributed by atoms with Crippen molar-refractivity contribution in [2.24, 2.45) is 10.2 Å². The van der Waals surface area contributed by atoms with Gasteiger partial charge in [-0.15, -0.1) is 5.10 Å². The quantitative estimate of drug-likeness (QED) is 0.368. The molecule has 1 aromatic carbocycles. The van der Waals surface area contributed by atoms with E-state index in [4.69, 9.17) is 14.2 Å². The lowest BCUT2D eigenvalue weighted by Gasteiger charge is -2.05. The highest BCUT2D eigenvalue weighted by Gasteiger charge is 2.25. The first-order valence-electron chi connectivity index (χ1n) is 6.98. The smallest absolute Gasteiger partial charge is 0.331 e. The first-order chi connectivity index (χ1) is 12.1. The van der Waals surface area contributed by atoms with Crippen LogP contribution < -0.4 is 19.5 Å². The van der Waals surface area contributed by atoms with Crippen molar-refractivity contribution in [3.8, 4) is 17.2 Å². The lowest BCUT2D eigenvalue weighted by molar-refractivity contribution is -0.135. The minimum Gasteiger partial charge on any atom is -0.496 e. The van der Waals surface area contributed by atoms with Gasteiger partial charge in [0.1, 0.15) is 5.75 Å². The SMILES string of the molecule is COC(=O)/C=C1/S/C(=N\N=Cc2cc3c(cc2OC)OCO3)NC1=O. The van der Waals surface area contributed by atoms with Gasteiger partial charge in [-0.1, -0.05) is 0 Å². The Morgan fingerprint density at radius 3 is 2.80 bits per heavy atom. The van der Waals surface area contributed by atoms with Crippen LogP contribution in [0.3, 0.4) is 0 Å². The molecule has 2 heterocycles. The summed E-state index contributed by atoms with van der Waals surface area (Å²) >= 11 is 0.988. The third kappa shape index (κ3) is 3.74. The van der Waals surface area contributed by atoms with Gasteiger partial charge in [0, 0.05) is 17.7 Å². The maximum absolute atomic E-state index is 11.7. The summed E-state index contributed by atoms with van der Waals surface area (Å²) in [6.45, 7) is 0.152. The van der Waals surface area contributed by atoms with Crippen LogP contribution in [0.15, 0.2) is 33.3 Å². The third-order valence-corrected chi connectivity index (χ3v) is 4.07. The molecular formula is C15H13N3O6S. The third-order valence-electron chi connectivity index (χ3n) is 3.17. The zero-order valence-electron chi connectivity index (χ0n) is 13.3. The summed E-state index contributed by atoms with van der Waals surface area (Å²) in [7, 11) is 2.76. The normalized spacial score (nSPS) is 18.9. The van der Waals surface area contributed by atoms with Crippen molar-refractivity contribution in [1.82, 2.24) is 5.32 Å². The molecule has 130 valence electrons. The molecular weight excluding hydrogens is 350 g/mol. The van der Waals surface area contributed by atoms with Gasteiger partial charge in [-0.2, -0.15) is 5.10 Å². The number of thioether (sulfide) groups is 1. The largest absolute Gasteiger partial charge is 0.496 e. The second kappa shape index (κ2) is 7.26. The van der Waals surface area contributed by atoms with E-state index in [0.717, 1.165) is 17.8 Å². The number of nitrogens with one attached hydrogen (secondary N) is 1. The fourth-order valence-corrected chi connectivity index (χ4v) is 2.74. The van der Waals surface area contributed by atoms with E-state index < -0.39 is 11.9 Å². The Hall–Kier alpha value is -3.01. The number of nitrogens with zero attached hydrogens (tertiary/aromatic N) is 2. The van der Waals surface area contributed by atoms with Gasteiger partial charge in [0.25, 0.3) is 5.91 Å². The first kappa shape index (κ1) is 16.8. The van der Waals surface area contributed by atoms with Gasteiger partial charge < -0.3 is 18.9 Å². The number of benzene rings is 1. The monoisotopic (exact) mass is 363 g/mol. The first-order valence-corrected chi connectivity index (χ1v) is 7.80. The van der Waals surface area contributed by atoms with Crippen LogP contribution in [0.4, 0.5) is 0 Å². The molecule has 2 aliphatic heterocycles. The van der Waals surface area contributed by atoms with Crippen LogP contribution in [0.1, 0.15) is 5.56 Å². The van der Waals surface area contributed by atoms with E-state index in [1.807, 2.05) is 0 Å². The van der Waals surface area contributed by atoms with Crippen molar-refractivity contribution in [3.63, 3.8) is 0 Å². The van der Waals surface area contributed by atoms with Gasteiger partial charge in [-0.05, 0) is 17.8 Å². The topological polar surface area (TPSA) is 108 Å². The van der Waals surface area contributed by atoms with Crippen molar-refractivity contribution in [2.45, 2.75) is 0 Å². The van der Waals surface area contributed by atoms with Crippen LogP contribution in [0.5, 0.6) is 17.2 Å². The Morgan fingerprint density at radius 1 is 1.32 bits per heavy atom. The standard InChI is InChI=1S/C15H13N3O6S/c1-21-9-4-11-10(23-7-24-11)3-8(9)6-16-18-15-17-14(20)12(25-15)5-13(19)22-2/h3-6H,7H2,1-2H3,(H,17,18,20)/b12-5+,16-6?. The molecule has 0 atom stereocenters. The van der Waals surface area contributed by atoms with E-state index in [0.29, 0.717) is 22.8 Å². The van der Waals surface area contributed by atoms with E-state index in [1.54, 1.807) is 12.1 Å². The molecule has 25 heavy (non-hydrogen) atoms. The summed E-state index contributed by atoms with van der Waals surface area (Å²) in [5.74, 6) is 0.665. The molecule has 3 rings (SSSR count). The van der Waals surface area contributed by atoms with Gasteiger partial charge >= 0.3 is 5.97 Å². The Morgan fingerprint density at radius 2 is 2.08 bits per heavy atom. The van der Waals surface area contributed by atoms with Crippen LogP contribution in [0.25, 0.3) is 0 Å². The molecule has 1 amide bonds. The summed E-state index contributed by atoms with van der Waals surface area (Å²) in [4.78, 5) is 23.1. The summed E-state index contributed by atoms with van der Waals surface area (Å²) in [6, 6.07) is 3.41. The average molecular weight is 363 g/mol. The number of ether oxygens (including phenoxy) is 4. The van der Waals surface area contributed by atoms with E-state index in [-0.39, 0.29) is 16.9 Å². The average Bonchev–Trinajstić information content (AvgIpc) is 3.20. The molecule has 1 N–H and O–H groups in total. The van der Waals surface area contributed by atoms with E-state index in [9.17, 15) is 9.59 Å². The van der Waals surface area contributed by atoms with Gasteiger partial charge in [0.15, 0.2) is 16.7 Å². The highest BCUT2D eigenvalue weighted by molar-refractivity contribution is 8.18. The number of esters is 1. The predicted octanol–water partition coefficient (Wildman–Crippen LogP) is 1.03. The number of hydrogen-bond acceptors (Lipinski definition) is 9. The molecule has 1 saturated heterocycles. The highest BCUT2D eigenvalue weighted by atomic mass is 32.2. The summed E-state index contributed by atoms with van der Waals surface area (Å²) in [6.07, 6.45) is 2.55. The number of amidine groups is 1. The van der Waals surface area contributed by atoms with Crippen LogP contribution >= 0.6 is 11.8 Å². The molecule has 2 aliphatic rings. The van der Waals surface area contributed by atoms with Crippen molar-refractivity contribution in [3.05, 3.63) is 28.7 Å². The Labute approximate surface area is 146 Å². The zero-order valence-corrected chi connectivity index (χ0v) is 14.1. The molecule has 0 bridgehead atoms. The fraction of sp³-hybridized carbons (Fsp3) is 0.200.